The molecule has 2 aromatic rings. The molecule has 1 N–H and O–H groups in total. The van der Waals surface area contributed by atoms with Gasteiger partial charge in [-0.05, 0) is 24.3 Å². The van der Waals surface area contributed by atoms with E-state index >= 15 is 0 Å². The highest BCUT2D eigenvalue weighted by Crippen LogP contribution is 2.21. The first-order chi connectivity index (χ1) is 11.8. The Morgan fingerprint density at radius 2 is 1.72 bits per heavy atom. The number of allylic oxidation sites excluding steroid dienone is 1. The summed E-state index contributed by atoms with van der Waals surface area (Å²) in [6.45, 7) is 0. The fraction of sp³-hybridized carbons (Fsp3) is 0. The molecule has 0 fully saturated rings. The number of nitrogens with one attached hydrogen (secondary N) is 1. The highest BCUT2D eigenvalue weighted by atomic mass is 32.2. The predicted molar refractivity (Wildman–Crippen MR) is 91.5 cm³/mol. The summed E-state index contributed by atoms with van der Waals surface area (Å²) in [5.74, 6) is 0. The molecule has 0 aliphatic carbocycles. The Hall–Kier alpha value is -2.87. The van der Waals surface area contributed by atoms with Crippen molar-refractivity contribution in [3.8, 4) is 6.07 Å². The largest absolute Gasteiger partial charge is 0.588 e. The summed E-state index contributed by atoms with van der Waals surface area (Å²) in [4.78, 5) is 10.4. The Bertz CT molecular complexity index is 933. The van der Waals surface area contributed by atoms with Gasteiger partial charge in [0.25, 0.3) is 5.69 Å². The molecule has 0 aromatic heterocycles. The average molecular weight is 377 g/mol. The van der Waals surface area contributed by atoms with Crippen LogP contribution in [0.2, 0.25) is 0 Å². The second kappa shape index (κ2) is 7.80. The van der Waals surface area contributed by atoms with Gasteiger partial charge in [-0.25, -0.2) is 13.1 Å². The zero-order chi connectivity index (χ0) is 18.4. The summed E-state index contributed by atoms with van der Waals surface area (Å²) in [6, 6.07) is 12.3. The van der Waals surface area contributed by atoms with Crippen molar-refractivity contribution in [2.45, 2.75) is 9.79 Å². The molecule has 1 unspecified atom stereocenters. The lowest BCUT2D eigenvalue weighted by molar-refractivity contribution is -0.384. The number of hydrogen-bond donors (Lipinski definition) is 1. The van der Waals surface area contributed by atoms with Crippen LogP contribution in [0.15, 0.2) is 69.8 Å². The van der Waals surface area contributed by atoms with Crippen LogP contribution in [0, 0.1) is 21.4 Å². The molecule has 8 nitrogen and oxygen atoms in total. The lowest BCUT2D eigenvalue weighted by Crippen LogP contribution is -2.13. The molecule has 0 radical (unpaired) electrons. The van der Waals surface area contributed by atoms with Crippen LogP contribution >= 0.6 is 0 Å². The Kier molecular flexibility index (Phi) is 5.76. The summed E-state index contributed by atoms with van der Waals surface area (Å²) in [7, 11) is -3.70. The number of nitriles is 1. The summed E-state index contributed by atoms with van der Waals surface area (Å²) < 4.78 is 38.6. The molecule has 25 heavy (non-hydrogen) atoms. The van der Waals surface area contributed by atoms with Crippen LogP contribution in [0.5, 0.6) is 0 Å². The molecular weight excluding hydrogens is 366 g/mol. The van der Waals surface area contributed by atoms with Gasteiger partial charge in [-0.2, -0.15) is 5.26 Å². The highest BCUT2D eigenvalue weighted by molar-refractivity contribution is 7.94. The molecule has 0 spiro atoms. The molecule has 0 amide bonds. The topological polar surface area (TPSA) is 136 Å². The van der Waals surface area contributed by atoms with Gasteiger partial charge in [-0.3, -0.25) is 10.1 Å². The molecule has 1 atom stereocenters. The number of nitrogens with zero attached hydrogens (tertiary/aromatic N) is 2. The number of benzene rings is 2. The second-order valence-electron chi connectivity index (χ2n) is 4.62. The van der Waals surface area contributed by atoms with Crippen molar-refractivity contribution in [1.29, 1.82) is 5.26 Å². The van der Waals surface area contributed by atoms with E-state index in [0.29, 0.717) is 10.6 Å². The Balaban J connectivity index is 2.12. The molecular formula is C15H11N3O5S2. The first kappa shape index (κ1) is 18.5. The minimum Gasteiger partial charge on any atom is -0.588 e. The first-order valence-electron chi connectivity index (χ1n) is 6.68. The van der Waals surface area contributed by atoms with Crippen LogP contribution in [-0.4, -0.2) is 17.9 Å². The van der Waals surface area contributed by atoms with Crippen molar-refractivity contribution in [3.05, 3.63) is 70.1 Å². The van der Waals surface area contributed by atoms with Gasteiger partial charge in [0.1, 0.15) is 11.4 Å². The minimum absolute atomic E-state index is 0.00864. The molecule has 0 saturated heterocycles. The van der Waals surface area contributed by atoms with E-state index in [1.807, 2.05) is 0 Å². The number of nitro benzene ring substituents is 1. The monoisotopic (exact) mass is 377 g/mol. The van der Waals surface area contributed by atoms with Gasteiger partial charge >= 0.3 is 0 Å². The van der Waals surface area contributed by atoms with E-state index in [-0.39, 0.29) is 10.6 Å². The minimum atomic E-state index is -3.70. The number of rotatable bonds is 6. The molecule has 128 valence electrons. The number of non-ortho nitro benzene ring substituents is 1. The first-order valence-corrected chi connectivity index (χ1v) is 9.37. The van der Waals surface area contributed by atoms with Crippen molar-refractivity contribution in [3.63, 3.8) is 0 Å². The molecule has 10 heteroatoms. The van der Waals surface area contributed by atoms with Crippen LogP contribution < -0.4 is 4.72 Å². The molecule has 0 saturated carbocycles. The fourth-order valence-electron chi connectivity index (χ4n) is 1.77. The third-order valence-electron chi connectivity index (χ3n) is 2.98. The van der Waals surface area contributed by atoms with Gasteiger partial charge in [-0.1, -0.05) is 0 Å². The third-order valence-corrected chi connectivity index (χ3v) is 5.52. The molecule has 2 aromatic carbocycles. The zero-order valence-corrected chi connectivity index (χ0v) is 14.2. The Labute approximate surface area is 146 Å². The van der Waals surface area contributed by atoms with Gasteiger partial charge in [0, 0.05) is 35.7 Å². The summed E-state index contributed by atoms with van der Waals surface area (Å²) in [5, 5.41) is 19.8. The van der Waals surface area contributed by atoms with Crippen LogP contribution in [0.1, 0.15) is 0 Å². The number of nitro groups is 1. The third kappa shape index (κ3) is 4.80. The average Bonchev–Trinajstić information content (AvgIpc) is 2.60. The van der Waals surface area contributed by atoms with E-state index in [1.54, 1.807) is 6.07 Å². The van der Waals surface area contributed by atoms with E-state index in [2.05, 4.69) is 4.72 Å². The van der Waals surface area contributed by atoms with Crippen LogP contribution in [0.25, 0.3) is 0 Å². The quantitative estimate of drug-likeness (QED) is 0.353. The van der Waals surface area contributed by atoms with Gasteiger partial charge < -0.3 is 4.55 Å². The predicted octanol–water partition coefficient (Wildman–Crippen LogP) is 2.54. The number of anilines is 1. The van der Waals surface area contributed by atoms with Gasteiger partial charge in [0.2, 0.25) is 9.84 Å². The number of sulfone groups is 1. The van der Waals surface area contributed by atoms with Crippen LogP contribution in [0.3, 0.4) is 0 Å². The van der Waals surface area contributed by atoms with E-state index in [9.17, 15) is 23.1 Å². The maximum absolute atomic E-state index is 12.2. The van der Waals surface area contributed by atoms with Gasteiger partial charge in [0.05, 0.1) is 21.6 Å². The second-order valence-corrected chi connectivity index (χ2v) is 7.67. The summed E-state index contributed by atoms with van der Waals surface area (Å²) in [6.07, 6.45) is 0.866. The van der Waals surface area contributed by atoms with Crippen molar-refractivity contribution in [2.75, 3.05) is 4.72 Å². The molecule has 0 aliphatic rings. The number of hydrogen-bond acceptors (Lipinski definition) is 7. The van der Waals surface area contributed by atoms with Crippen molar-refractivity contribution >= 4 is 32.6 Å². The van der Waals surface area contributed by atoms with Crippen LogP contribution in [0.4, 0.5) is 11.4 Å². The maximum atomic E-state index is 12.2. The van der Waals surface area contributed by atoms with E-state index < -0.39 is 26.1 Å². The molecule has 0 aliphatic heterocycles. The highest BCUT2D eigenvalue weighted by Gasteiger charge is 2.15. The maximum Gasteiger partial charge on any atom is 0.269 e. The SMILES string of the molecule is N#CC=CS(=O)(=O)c1ccc(N[S+]([O-])c2ccc([N+](=O)[O-])cc2)cc1. The van der Waals surface area contributed by atoms with Gasteiger partial charge in [-0.15, -0.1) is 0 Å². The molecule has 0 bridgehead atoms. The molecule has 0 heterocycles. The van der Waals surface area contributed by atoms with Crippen molar-refractivity contribution in [1.82, 2.24) is 0 Å². The lowest BCUT2D eigenvalue weighted by Gasteiger charge is -2.11. The van der Waals surface area contributed by atoms with E-state index in [0.717, 1.165) is 11.5 Å². The summed E-state index contributed by atoms with van der Waals surface area (Å²) >= 11 is -1.67. The Morgan fingerprint density at radius 1 is 1.12 bits per heavy atom. The summed E-state index contributed by atoms with van der Waals surface area (Å²) in [5.41, 5.74) is 0.292. The smallest absolute Gasteiger partial charge is 0.269 e. The fourth-order valence-corrected chi connectivity index (χ4v) is 3.53. The van der Waals surface area contributed by atoms with Crippen molar-refractivity contribution < 1.29 is 17.9 Å². The van der Waals surface area contributed by atoms with Crippen LogP contribution in [-0.2, 0) is 21.2 Å². The Morgan fingerprint density at radius 3 is 2.24 bits per heavy atom. The van der Waals surface area contributed by atoms with E-state index in [4.69, 9.17) is 5.26 Å². The standard InChI is InChI=1S/C15H11N3O5S2/c16-10-1-11-25(22,23)15-8-2-12(3-9-15)17-24(21)14-6-4-13(5-7-14)18(19)20/h1-9,11,17H. The normalized spacial score (nSPS) is 12.5. The van der Waals surface area contributed by atoms with Crippen molar-refractivity contribution in [2.24, 2.45) is 0 Å². The zero-order valence-electron chi connectivity index (χ0n) is 12.5. The van der Waals surface area contributed by atoms with E-state index in [1.165, 1.54) is 48.5 Å². The van der Waals surface area contributed by atoms with Gasteiger partial charge in [0.15, 0.2) is 4.90 Å². The lowest BCUT2D eigenvalue weighted by atomic mass is 10.3. The molecule has 2 rings (SSSR count).